The van der Waals surface area contributed by atoms with Crippen LogP contribution in [0, 0.1) is 5.92 Å². The Morgan fingerprint density at radius 1 is 1.30 bits per heavy atom. The quantitative estimate of drug-likeness (QED) is 0.543. The average molecular weight is 406 g/mol. The van der Waals surface area contributed by atoms with Crippen LogP contribution in [-0.4, -0.2) is 24.5 Å². The number of hydrogen-bond acceptors (Lipinski definition) is 3. The minimum atomic E-state index is -0.340. The number of ether oxygens (including phenoxy) is 2. The molecule has 0 N–H and O–H groups in total. The Hall–Kier alpha value is -0.550. The summed E-state index contributed by atoms with van der Waals surface area (Å²) in [4.78, 5) is 12.1. The first kappa shape index (κ1) is 15.8. The van der Waals surface area contributed by atoms with E-state index < -0.39 is 0 Å². The molecule has 0 saturated heterocycles. The van der Waals surface area contributed by atoms with E-state index in [0.29, 0.717) is 16.3 Å². The zero-order valence-electron chi connectivity index (χ0n) is 11.4. The van der Waals surface area contributed by atoms with Crippen molar-refractivity contribution in [2.45, 2.75) is 30.5 Å². The molecular weight excluding hydrogens is 388 g/mol. The van der Waals surface area contributed by atoms with E-state index in [1.807, 2.05) is 6.07 Å². The predicted molar refractivity (Wildman–Crippen MR) is 85.6 cm³/mol. The maximum atomic E-state index is 11.4. The number of carbonyl (C=O) groups is 1. The van der Waals surface area contributed by atoms with Gasteiger partial charge in [-0.2, -0.15) is 0 Å². The molecule has 0 aromatic heterocycles. The van der Waals surface area contributed by atoms with Crippen molar-refractivity contribution in [1.82, 2.24) is 0 Å². The first-order chi connectivity index (χ1) is 9.60. The molecule has 0 amide bonds. The summed E-state index contributed by atoms with van der Waals surface area (Å²) in [6.45, 7) is 0.732. The second-order valence-corrected chi connectivity index (χ2v) is 7.22. The van der Waals surface area contributed by atoms with Crippen LogP contribution < -0.4 is 4.74 Å². The third-order valence-electron chi connectivity index (χ3n) is 3.60. The van der Waals surface area contributed by atoms with Gasteiger partial charge in [0.1, 0.15) is 5.75 Å². The molecule has 1 aromatic rings. The van der Waals surface area contributed by atoms with Crippen LogP contribution in [0.1, 0.15) is 36.0 Å². The topological polar surface area (TPSA) is 35.5 Å². The van der Waals surface area contributed by atoms with Gasteiger partial charge < -0.3 is 9.47 Å². The van der Waals surface area contributed by atoms with Crippen LogP contribution >= 0.6 is 31.9 Å². The molecule has 2 rings (SSSR count). The Balaban J connectivity index is 1.91. The summed E-state index contributed by atoms with van der Waals surface area (Å²) in [6.07, 6.45) is 4.84. The minimum Gasteiger partial charge on any atom is -0.492 e. The largest absolute Gasteiger partial charge is 0.492 e. The van der Waals surface area contributed by atoms with E-state index in [2.05, 4.69) is 31.9 Å². The number of benzene rings is 1. The maximum absolute atomic E-state index is 11.4. The standard InChI is InChI=1S/C15H18Br2O3/c1-19-15(18)11-4-7-14(13(17)8-11)20-9-10-2-5-12(16)6-3-10/h4,7-8,10,12H,2-3,5-6,9H2,1H3. The van der Waals surface area contributed by atoms with Crippen molar-refractivity contribution in [3.63, 3.8) is 0 Å². The summed E-state index contributed by atoms with van der Waals surface area (Å²) in [7, 11) is 1.38. The van der Waals surface area contributed by atoms with Crippen molar-refractivity contribution in [3.05, 3.63) is 28.2 Å². The number of hydrogen-bond donors (Lipinski definition) is 0. The molecule has 1 aliphatic carbocycles. The molecule has 1 aromatic carbocycles. The van der Waals surface area contributed by atoms with Gasteiger partial charge in [-0.15, -0.1) is 0 Å². The van der Waals surface area contributed by atoms with E-state index >= 15 is 0 Å². The van der Waals surface area contributed by atoms with Crippen molar-refractivity contribution in [1.29, 1.82) is 0 Å². The molecule has 0 aliphatic heterocycles. The summed E-state index contributed by atoms with van der Waals surface area (Å²) in [6, 6.07) is 5.27. The van der Waals surface area contributed by atoms with Gasteiger partial charge in [-0.05, 0) is 65.7 Å². The molecule has 0 radical (unpaired) electrons. The molecule has 0 atom stereocenters. The summed E-state index contributed by atoms with van der Waals surface area (Å²) >= 11 is 7.10. The Morgan fingerprint density at radius 3 is 2.60 bits per heavy atom. The highest BCUT2D eigenvalue weighted by Crippen LogP contribution is 2.31. The molecule has 5 heteroatoms. The van der Waals surface area contributed by atoms with Crippen LogP contribution in [0.5, 0.6) is 5.75 Å². The SMILES string of the molecule is COC(=O)c1ccc(OCC2CCC(Br)CC2)c(Br)c1. The number of rotatable bonds is 4. The zero-order valence-corrected chi connectivity index (χ0v) is 14.6. The summed E-state index contributed by atoms with van der Waals surface area (Å²) in [5.74, 6) is 1.06. The fourth-order valence-corrected chi connectivity index (χ4v) is 3.38. The lowest BCUT2D eigenvalue weighted by Gasteiger charge is -2.25. The van der Waals surface area contributed by atoms with Gasteiger partial charge in [-0.3, -0.25) is 0 Å². The molecule has 1 saturated carbocycles. The van der Waals surface area contributed by atoms with Crippen LogP contribution in [0.2, 0.25) is 0 Å². The maximum Gasteiger partial charge on any atom is 0.337 e. The number of carbonyl (C=O) groups excluding carboxylic acids is 1. The van der Waals surface area contributed by atoms with Crippen LogP contribution in [-0.2, 0) is 4.74 Å². The lowest BCUT2D eigenvalue weighted by Crippen LogP contribution is -2.20. The highest BCUT2D eigenvalue weighted by Gasteiger charge is 2.20. The van der Waals surface area contributed by atoms with Crippen molar-refractivity contribution in [3.8, 4) is 5.75 Å². The van der Waals surface area contributed by atoms with E-state index in [-0.39, 0.29) is 5.97 Å². The third kappa shape index (κ3) is 4.22. The zero-order chi connectivity index (χ0) is 14.5. The number of alkyl halides is 1. The van der Waals surface area contributed by atoms with Gasteiger partial charge in [0.2, 0.25) is 0 Å². The average Bonchev–Trinajstić information content (AvgIpc) is 2.46. The molecule has 0 bridgehead atoms. The van der Waals surface area contributed by atoms with Gasteiger partial charge in [-0.25, -0.2) is 4.79 Å². The number of halogens is 2. The minimum absolute atomic E-state index is 0.340. The van der Waals surface area contributed by atoms with Gasteiger partial charge in [0.05, 0.1) is 23.8 Å². The molecule has 1 fully saturated rings. The number of methoxy groups -OCH3 is 1. The van der Waals surface area contributed by atoms with E-state index in [9.17, 15) is 4.79 Å². The predicted octanol–water partition coefficient (Wildman–Crippen LogP) is 4.57. The van der Waals surface area contributed by atoms with E-state index in [0.717, 1.165) is 16.8 Å². The van der Waals surface area contributed by atoms with E-state index in [1.165, 1.54) is 32.8 Å². The second-order valence-electron chi connectivity index (χ2n) is 5.07. The monoisotopic (exact) mass is 404 g/mol. The van der Waals surface area contributed by atoms with Gasteiger partial charge in [0.25, 0.3) is 0 Å². The Labute approximate surface area is 136 Å². The lowest BCUT2D eigenvalue weighted by atomic mass is 9.90. The molecule has 20 heavy (non-hydrogen) atoms. The van der Waals surface area contributed by atoms with Crippen molar-refractivity contribution >= 4 is 37.8 Å². The van der Waals surface area contributed by atoms with Gasteiger partial charge in [-0.1, -0.05) is 15.9 Å². The Morgan fingerprint density at radius 2 is 2.00 bits per heavy atom. The lowest BCUT2D eigenvalue weighted by molar-refractivity contribution is 0.0600. The van der Waals surface area contributed by atoms with Gasteiger partial charge in [0, 0.05) is 4.83 Å². The molecule has 3 nitrogen and oxygen atoms in total. The highest BCUT2D eigenvalue weighted by atomic mass is 79.9. The van der Waals surface area contributed by atoms with Gasteiger partial charge in [0.15, 0.2) is 0 Å². The molecular formula is C15H18Br2O3. The van der Waals surface area contributed by atoms with Crippen molar-refractivity contribution in [2.75, 3.05) is 13.7 Å². The number of esters is 1. The smallest absolute Gasteiger partial charge is 0.337 e. The van der Waals surface area contributed by atoms with Crippen molar-refractivity contribution in [2.24, 2.45) is 5.92 Å². The highest BCUT2D eigenvalue weighted by molar-refractivity contribution is 9.10. The Bertz CT molecular complexity index is 468. The summed E-state index contributed by atoms with van der Waals surface area (Å²) < 4.78 is 11.3. The fourth-order valence-electron chi connectivity index (χ4n) is 2.36. The normalized spacial score (nSPS) is 22.4. The summed E-state index contributed by atoms with van der Waals surface area (Å²) in [5.41, 5.74) is 0.520. The van der Waals surface area contributed by atoms with Crippen molar-refractivity contribution < 1.29 is 14.3 Å². The molecule has 0 heterocycles. The molecule has 1 aliphatic rings. The second kappa shape index (κ2) is 7.46. The van der Waals surface area contributed by atoms with E-state index in [1.54, 1.807) is 12.1 Å². The fraction of sp³-hybridized carbons (Fsp3) is 0.533. The third-order valence-corrected chi connectivity index (χ3v) is 5.14. The molecule has 110 valence electrons. The van der Waals surface area contributed by atoms with Crippen LogP contribution in [0.4, 0.5) is 0 Å². The van der Waals surface area contributed by atoms with Crippen LogP contribution in [0.25, 0.3) is 0 Å². The first-order valence-corrected chi connectivity index (χ1v) is 8.45. The van der Waals surface area contributed by atoms with Crippen LogP contribution in [0.3, 0.4) is 0 Å². The van der Waals surface area contributed by atoms with E-state index in [4.69, 9.17) is 9.47 Å². The molecule has 0 unspecified atom stereocenters. The Kier molecular flexibility index (Phi) is 5.90. The van der Waals surface area contributed by atoms with Crippen LogP contribution in [0.15, 0.2) is 22.7 Å². The first-order valence-electron chi connectivity index (χ1n) is 6.75. The summed E-state index contributed by atoms with van der Waals surface area (Å²) in [5, 5.41) is 0. The van der Waals surface area contributed by atoms with Gasteiger partial charge >= 0.3 is 5.97 Å². The molecule has 0 spiro atoms.